The van der Waals surface area contributed by atoms with Crippen LogP contribution in [0.5, 0.6) is 0 Å². The molecule has 17 heavy (non-hydrogen) atoms. The molecule has 0 saturated carbocycles. The van der Waals surface area contributed by atoms with Crippen molar-refractivity contribution in [2.24, 2.45) is 0 Å². The molecule has 0 saturated heterocycles. The van der Waals surface area contributed by atoms with Crippen LogP contribution in [0.3, 0.4) is 0 Å². The predicted octanol–water partition coefficient (Wildman–Crippen LogP) is 4.23. The Morgan fingerprint density at radius 1 is 1.00 bits per heavy atom. The molecule has 0 N–H and O–H groups in total. The van der Waals surface area contributed by atoms with Gasteiger partial charge in [-0.3, -0.25) is 0 Å². The Labute approximate surface area is 122 Å². The summed E-state index contributed by atoms with van der Waals surface area (Å²) in [7, 11) is 2.25. The van der Waals surface area contributed by atoms with Gasteiger partial charge in [0.2, 0.25) is 0 Å². The average Bonchev–Trinajstić information content (AvgIpc) is 2.31. The third-order valence-electron chi connectivity index (χ3n) is 1.99. The van der Waals surface area contributed by atoms with E-state index >= 15 is 0 Å². The molecule has 0 aromatic heterocycles. The van der Waals surface area contributed by atoms with Crippen LogP contribution in [0.4, 0.5) is 0 Å². The first kappa shape index (κ1) is 18.5. The van der Waals surface area contributed by atoms with Crippen molar-refractivity contribution in [3.8, 4) is 0 Å². The molecule has 0 aliphatic rings. The summed E-state index contributed by atoms with van der Waals surface area (Å²) < 4.78 is 17.7. The average molecular weight is 335 g/mol. The summed E-state index contributed by atoms with van der Waals surface area (Å²) in [6.07, 6.45) is 0.970. The molecule has 0 spiro atoms. The van der Waals surface area contributed by atoms with Gasteiger partial charge in [-0.1, -0.05) is 29.4 Å². The minimum Gasteiger partial charge on any atom is -0.373 e. The fraction of sp³-hybridized carbons (Fsp3) is 1.00. The van der Waals surface area contributed by atoms with E-state index in [1.165, 1.54) is 9.83 Å². The smallest absolute Gasteiger partial charge is 0.373 e. The Bertz CT molecular complexity index is 171. The predicted molar refractivity (Wildman–Crippen MR) is 86.5 cm³/mol. The Kier molecular flexibility index (Phi) is 12.3. The Balaban J connectivity index is 4.76. The summed E-state index contributed by atoms with van der Waals surface area (Å²) in [5.74, 6) is 0. The van der Waals surface area contributed by atoms with Crippen molar-refractivity contribution in [3.05, 3.63) is 0 Å². The molecule has 0 aromatic rings. The Hall–Kier alpha value is 1.50. The van der Waals surface area contributed by atoms with Gasteiger partial charge in [0.25, 0.3) is 0 Å². The standard InChI is InChI=1S/C9H22O3S4Si/c1-5-9(14-16-15-13)17(10-6-2,11-7-3)12-8-4/h9,13H,5-8H2,1-4H3. The molecule has 1 atom stereocenters. The summed E-state index contributed by atoms with van der Waals surface area (Å²) >= 11 is 4.14. The lowest BCUT2D eigenvalue weighted by Gasteiger charge is -2.33. The van der Waals surface area contributed by atoms with Gasteiger partial charge in [0.1, 0.15) is 0 Å². The lowest BCUT2D eigenvalue weighted by atomic mass is 10.6. The van der Waals surface area contributed by atoms with Crippen molar-refractivity contribution in [1.82, 2.24) is 0 Å². The summed E-state index contributed by atoms with van der Waals surface area (Å²) in [6.45, 7) is 9.97. The van der Waals surface area contributed by atoms with Crippen LogP contribution < -0.4 is 0 Å². The normalized spacial score (nSPS) is 13.9. The highest BCUT2D eigenvalue weighted by atomic mass is 33.7. The molecule has 0 aromatic carbocycles. The highest BCUT2D eigenvalue weighted by Gasteiger charge is 2.49. The summed E-state index contributed by atoms with van der Waals surface area (Å²) in [4.78, 5) is 0.256. The third-order valence-corrected chi connectivity index (χ3v) is 11.7. The molecular weight excluding hydrogens is 312 g/mol. The van der Waals surface area contributed by atoms with Crippen molar-refractivity contribution >= 4 is 50.9 Å². The second-order valence-corrected chi connectivity index (χ2v) is 11.3. The van der Waals surface area contributed by atoms with Gasteiger partial charge in [0.05, 0.1) is 4.87 Å². The number of rotatable bonds is 11. The van der Waals surface area contributed by atoms with E-state index in [0.717, 1.165) is 6.42 Å². The Morgan fingerprint density at radius 3 is 1.76 bits per heavy atom. The van der Waals surface area contributed by atoms with Crippen LogP contribution in [0.15, 0.2) is 0 Å². The summed E-state index contributed by atoms with van der Waals surface area (Å²) in [5.41, 5.74) is 0. The molecule has 0 heterocycles. The maximum absolute atomic E-state index is 5.89. The molecule has 0 radical (unpaired) electrons. The molecule has 3 nitrogen and oxygen atoms in total. The van der Waals surface area contributed by atoms with E-state index in [9.17, 15) is 0 Å². The van der Waals surface area contributed by atoms with Gasteiger partial charge in [0, 0.05) is 19.8 Å². The highest BCUT2D eigenvalue weighted by Crippen LogP contribution is 2.44. The molecule has 0 rings (SSSR count). The zero-order valence-electron chi connectivity index (χ0n) is 10.8. The monoisotopic (exact) mass is 334 g/mol. The van der Waals surface area contributed by atoms with Crippen LogP contribution in [-0.2, 0) is 13.3 Å². The van der Waals surface area contributed by atoms with Crippen molar-refractivity contribution in [2.75, 3.05) is 19.8 Å². The van der Waals surface area contributed by atoms with Crippen molar-refractivity contribution < 1.29 is 13.3 Å². The number of hydrogen-bond acceptors (Lipinski definition) is 7. The number of thiol groups is 1. The van der Waals surface area contributed by atoms with Crippen molar-refractivity contribution in [3.63, 3.8) is 0 Å². The fourth-order valence-corrected chi connectivity index (χ4v) is 10.4. The molecule has 0 aliphatic heterocycles. The van der Waals surface area contributed by atoms with E-state index in [1.54, 1.807) is 20.6 Å². The Morgan fingerprint density at radius 2 is 1.47 bits per heavy atom. The van der Waals surface area contributed by atoms with E-state index < -0.39 is 8.80 Å². The fourth-order valence-electron chi connectivity index (χ4n) is 1.45. The molecule has 0 fully saturated rings. The van der Waals surface area contributed by atoms with Crippen LogP contribution in [0.1, 0.15) is 34.1 Å². The zero-order chi connectivity index (χ0) is 13.1. The topological polar surface area (TPSA) is 27.7 Å². The maximum atomic E-state index is 5.89. The second-order valence-electron chi connectivity index (χ2n) is 3.04. The molecular formula is C9H22O3S4Si. The minimum atomic E-state index is -2.57. The first-order chi connectivity index (χ1) is 8.20. The van der Waals surface area contributed by atoms with Gasteiger partial charge >= 0.3 is 8.80 Å². The lowest BCUT2D eigenvalue weighted by molar-refractivity contribution is 0.0693. The van der Waals surface area contributed by atoms with E-state index in [-0.39, 0.29) is 4.87 Å². The van der Waals surface area contributed by atoms with Gasteiger partial charge in [0.15, 0.2) is 0 Å². The van der Waals surface area contributed by atoms with Crippen LogP contribution >= 0.6 is 42.1 Å². The zero-order valence-corrected chi connectivity index (χ0v) is 15.1. The number of hydrogen-bond donors (Lipinski definition) is 1. The van der Waals surface area contributed by atoms with Gasteiger partial charge in [-0.2, -0.15) is 0 Å². The van der Waals surface area contributed by atoms with Crippen molar-refractivity contribution in [2.45, 2.75) is 39.0 Å². The third kappa shape index (κ3) is 6.46. The van der Waals surface area contributed by atoms with E-state index in [4.69, 9.17) is 13.3 Å². The van der Waals surface area contributed by atoms with Gasteiger partial charge < -0.3 is 13.3 Å². The lowest BCUT2D eigenvalue weighted by Crippen LogP contribution is -2.54. The SMILES string of the molecule is CCO[Si](OCC)(OCC)C(CC)SSSS. The first-order valence-electron chi connectivity index (χ1n) is 5.76. The van der Waals surface area contributed by atoms with Crippen LogP contribution in [0.25, 0.3) is 0 Å². The molecule has 0 bridgehead atoms. The molecule has 1 unspecified atom stereocenters. The minimum absolute atomic E-state index is 0.256. The highest BCUT2D eigenvalue weighted by molar-refractivity contribution is 9.24. The molecule has 0 amide bonds. The van der Waals surface area contributed by atoms with Crippen LogP contribution in [0.2, 0.25) is 0 Å². The molecule has 104 valence electrons. The largest absolute Gasteiger partial charge is 0.515 e. The van der Waals surface area contributed by atoms with Gasteiger partial charge in [-0.15, -0.1) is 0 Å². The summed E-state index contributed by atoms with van der Waals surface area (Å²) in [6, 6.07) is 0. The first-order valence-corrected chi connectivity index (χ1v) is 12.2. The molecule has 8 heteroatoms. The van der Waals surface area contributed by atoms with Gasteiger partial charge in [-0.25, -0.2) is 0 Å². The second kappa shape index (κ2) is 11.3. The quantitative estimate of drug-likeness (QED) is 0.345. The van der Waals surface area contributed by atoms with Crippen LogP contribution in [0, 0.1) is 0 Å². The van der Waals surface area contributed by atoms with E-state index in [2.05, 4.69) is 18.6 Å². The van der Waals surface area contributed by atoms with E-state index in [0.29, 0.717) is 19.8 Å². The maximum Gasteiger partial charge on any atom is 0.515 e. The van der Waals surface area contributed by atoms with Crippen molar-refractivity contribution in [1.29, 1.82) is 0 Å². The van der Waals surface area contributed by atoms with Crippen LogP contribution in [-0.4, -0.2) is 33.5 Å². The molecule has 0 aliphatic carbocycles. The van der Waals surface area contributed by atoms with E-state index in [1.807, 2.05) is 20.8 Å². The van der Waals surface area contributed by atoms with Gasteiger partial charge in [-0.05, 0) is 46.8 Å². The summed E-state index contributed by atoms with van der Waals surface area (Å²) in [5, 5.41) is 0.